The molecule has 7 nitrogen and oxygen atoms in total. The molecule has 3 rings (SSSR count). The van der Waals surface area contributed by atoms with Crippen molar-refractivity contribution < 1.29 is 14.7 Å². The lowest BCUT2D eigenvalue weighted by Gasteiger charge is -2.24. The molecule has 0 radical (unpaired) electrons. The van der Waals surface area contributed by atoms with Crippen LogP contribution >= 0.6 is 23.1 Å². The molecule has 3 heterocycles. The zero-order chi connectivity index (χ0) is 19.0. The van der Waals surface area contributed by atoms with Crippen molar-refractivity contribution in [1.29, 1.82) is 0 Å². The predicted octanol–water partition coefficient (Wildman–Crippen LogP) is 2.30. The van der Waals surface area contributed by atoms with Crippen molar-refractivity contribution in [2.75, 3.05) is 6.54 Å². The van der Waals surface area contributed by atoms with Crippen LogP contribution in [0, 0.1) is 13.8 Å². The summed E-state index contributed by atoms with van der Waals surface area (Å²) in [7, 11) is 0. The number of carboxylic acid groups (broad SMARTS) is 1. The van der Waals surface area contributed by atoms with Crippen LogP contribution < -0.4 is 5.56 Å². The Labute approximate surface area is 158 Å². The molecule has 9 heteroatoms. The van der Waals surface area contributed by atoms with Crippen LogP contribution in [0.5, 0.6) is 0 Å². The number of rotatable bonds is 5. The van der Waals surface area contributed by atoms with Crippen molar-refractivity contribution >= 4 is 45.2 Å². The minimum absolute atomic E-state index is 0.156. The Morgan fingerprint density at radius 3 is 2.88 bits per heavy atom. The van der Waals surface area contributed by atoms with Crippen LogP contribution in [-0.2, 0) is 15.3 Å². The third-order valence-corrected chi connectivity index (χ3v) is 6.97. The van der Waals surface area contributed by atoms with E-state index in [2.05, 4.69) is 9.97 Å². The SMILES string of the molecule is Cc1sc2nc(CSC(C)C(=O)N3CCCC3C(=O)O)[nH]c(=O)c2c1C. The van der Waals surface area contributed by atoms with Crippen LogP contribution in [0.25, 0.3) is 10.2 Å². The first kappa shape index (κ1) is 18.9. The monoisotopic (exact) mass is 395 g/mol. The second-order valence-corrected chi connectivity index (χ2v) is 8.99. The van der Waals surface area contributed by atoms with Gasteiger partial charge in [-0.05, 0) is 39.2 Å². The number of nitrogens with zero attached hydrogens (tertiary/aromatic N) is 2. The van der Waals surface area contributed by atoms with E-state index in [1.54, 1.807) is 6.92 Å². The van der Waals surface area contributed by atoms with Gasteiger partial charge in [-0.3, -0.25) is 9.59 Å². The number of thioether (sulfide) groups is 1. The fraction of sp³-hybridized carbons (Fsp3) is 0.529. The second kappa shape index (κ2) is 7.40. The third-order valence-electron chi connectivity index (χ3n) is 4.73. The molecule has 0 spiro atoms. The van der Waals surface area contributed by atoms with Gasteiger partial charge in [0, 0.05) is 11.4 Å². The molecule has 0 saturated carbocycles. The first-order chi connectivity index (χ1) is 12.3. The largest absolute Gasteiger partial charge is 0.480 e. The number of carboxylic acids is 1. The summed E-state index contributed by atoms with van der Waals surface area (Å²) in [6.07, 6.45) is 1.21. The molecule has 2 aromatic heterocycles. The quantitative estimate of drug-likeness (QED) is 0.805. The number of fused-ring (bicyclic) bond motifs is 1. The summed E-state index contributed by atoms with van der Waals surface area (Å²) in [5, 5.41) is 9.46. The molecule has 1 saturated heterocycles. The zero-order valence-corrected chi connectivity index (χ0v) is 16.5. The molecule has 26 heavy (non-hydrogen) atoms. The highest BCUT2D eigenvalue weighted by molar-refractivity contribution is 7.99. The molecule has 0 bridgehead atoms. The number of carbonyl (C=O) groups is 2. The van der Waals surface area contributed by atoms with E-state index in [-0.39, 0.29) is 11.5 Å². The van der Waals surface area contributed by atoms with Crippen molar-refractivity contribution in [3.8, 4) is 0 Å². The number of aromatic amines is 1. The van der Waals surface area contributed by atoms with Crippen molar-refractivity contribution in [2.45, 2.75) is 50.7 Å². The van der Waals surface area contributed by atoms with Gasteiger partial charge in [0.25, 0.3) is 5.56 Å². The van der Waals surface area contributed by atoms with Gasteiger partial charge in [-0.15, -0.1) is 23.1 Å². The number of H-pyrrole nitrogens is 1. The highest BCUT2D eigenvalue weighted by Crippen LogP contribution is 2.27. The number of aliphatic carboxylic acids is 1. The first-order valence-corrected chi connectivity index (χ1v) is 10.3. The van der Waals surface area contributed by atoms with E-state index in [0.29, 0.717) is 41.2 Å². The van der Waals surface area contributed by atoms with Crippen LogP contribution in [0.2, 0.25) is 0 Å². The van der Waals surface area contributed by atoms with E-state index in [0.717, 1.165) is 10.4 Å². The molecule has 2 aromatic rings. The number of aromatic nitrogens is 2. The lowest BCUT2D eigenvalue weighted by molar-refractivity contribution is -0.147. The number of nitrogens with one attached hydrogen (secondary N) is 1. The fourth-order valence-corrected chi connectivity index (χ4v) is 5.03. The van der Waals surface area contributed by atoms with Gasteiger partial charge in [-0.1, -0.05) is 0 Å². The van der Waals surface area contributed by atoms with Gasteiger partial charge in [0.15, 0.2) is 0 Å². The van der Waals surface area contributed by atoms with Crippen LogP contribution in [0.3, 0.4) is 0 Å². The average molecular weight is 396 g/mol. The van der Waals surface area contributed by atoms with Crippen molar-refractivity contribution in [2.24, 2.45) is 0 Å². The highest BCUT2D eigenvalue weighted by atomic mass is 32.2. The summed E-state index contributed by atoms with van der Waals surface area (Å²) in [5.41, 5.74) is 0.798. The average Bonchev–Trinajstić information content (AvgIpc) is 3.17. The van der Waals surface area contributed by atoms with Crippen LogP contribution in [0.15, 0.2) is 4.79 Å². The molecule has 1 amide bonds. The Kier molecular flexibility index (Phi) is 5.38. The molecule has 2 unspecified atom stereocenters. The number of carbonyl (C=O) groups excluding carboxylic acids is 1. The summed E-state index contributed by atoms with van der Waals surface area (Å²) in [6.45, 7) is 6.12. The predicted molar refractivity (Wildman–Crippen MR) is 103 cm³/mol. The lowest BCUT2D eigenvalue weighted by Crippen LogP contribution is -2.43. The minimum Gasteiger partial charge on any atom is -0.480 e. The smallest absolute Gasteiger partial charge is 0.326 e. The zero-order valence-electron chi connectivity index (χ0n) is 14.9. The number of amides is 1. The number of likely N-dealkylation sites (tertiary alicyclic amines) is 1. The molecule has 0 aromatic carbocycles. The van der Waals surface area contributed by atoms with Gasteiger partial charge in [0.2, 0.25) is 5.91 Å². The van der Waals surface area contributed by atoms with Crippen LogP contribution in [0.1, 0.15) is 36.0 Å². The fourth-order valence-electron chi connectivity index (χ4n) is 3.16. The molecule has 2 atom stereocenters. The number of aryl methyl sites for hydroxylation is 2. The Morgan fingerprint density at radius 1 is 1.46 bits per heavy atom. The number of hydrogen-bond acceptors (Lipinski definition) is 6. The molecule has 140 valence electrons. The van der Waals surface area contributed by atoms with E-state index in [1.165, 1.54) is 28.0 Å². The molecule has 1 fully saturated rings. The van der Waals surface area contributed by atoms with Gasteiger partial charge in [-0.2, -0.15) is 0 Å². The molecular formula is C17H21N3O4S2. The highest BCUT2D eigenvalue weighted by Gasteiger charge is 2.35. The maximum Gasteiger partial charge on any atom is 0.326 e. The second-order valence-electron chi connectivity index (χ2n) is 6.46. The lowest BCUT2D eigenvalue weighted by atomic mass is 10.2. The maximum atomic E-state index is 12.6. The Bertz CT molecular complexity index is 921. The van der Waals surface area contributed by atoms with Gasteiger partial charge < -0.3 is 15.0 Å². The van der Waals surface area contributed by atoms with Gasteiger partial charge >= 0.3 is 5.97 Å². The maximum absolute atomic E-state index is 12.6. The van der Waals surface area contributed by atoms with E-state index in [4.69, 9.17) is 0 Å². The third kappa shape index (κ3) is 3.50. The Balaban J connectivity index is 1.70. The summed E-state index contributed by atoms with van der Waals surface area (Å²) < 4.78 is 0. The summed E-state index contributed by atoms with van der Waals surface area (Å²) in [6, 6.07) is -0.725. The van der Waals surface area contributed by atoms with E-state index < -0.39 is 17.3 Å². The molecular weight excluding hydrogens is 374 g/mol. The summed E-state index contributed by atoms with van der Waals surface area (Å²) in [4.78, 5) is 46.7. The van der Waals surface area contributed by atoms with Crippen molar-refractivity contribution in [3.05, 3.63) is 26.6 Å². The van der Waals surface area contributed by atoms with Gasteiger partial charge in [0.1, 0.15) is 16.7 Å². The van der Waals surface area contributed by atoms with E-state index >= 15 is 0 Å². The first-order valence-electron chi connectivity index (χ1n) is 8.43. The number of hydrogen-bond donors (Lipinski definition) is 2. The summed E-state index contributed by atoms with van der Waals surface area (Å²) in [5.74, 6) is -0.205. The van der Waals surface area contributed by atoms with Crippen molar-refractivity contribution in [3.63, 3.8) is 0 Å². The topological polar surface area (TPSA) is 103 Å². The minimum atomic E-state index is -0.951. The van der Waals surface area contributed by atoms with E-state index in [1.807, 2.05) is 13.8 Å². The molecule has 1 aliphatic rings. The normalized spacial score (nSPS) is 18.4. The Hall–Kier alpha value is -1.87. The van der Waals surface area contributed by atoms with Gasteiger partial charge in [-0.25, -0.2) is 9.78 Å². The number of thiophene rings is 1. The molecule has 0 aliphatic carbocycles. The van der Waals surface area contributed by atoms with E-state index in [9.17, 15) is 19.5 Å². The van der Waals surface area contributed by atoms with Crippen LogP contribution in [-0.4, -0.2) is 49.7 Å². The Morgan fingerprint density at radius 2 is 2.19 bits per heavy atom. The van der Waals surface area contributed by atoms with Crippen molar-refractivity contribution in [1.82, 2.24) is 14.9 Å². The standard InChI is InChI=1S/C17H21N3O4S2/c1-8-9(2)26-15-13(8)14(21)18-12(19-15)7-25-10(3)16(22)20-6-4-5-11(20)17(23)24/h10-11H,4-7H2,1-3H3,(H,23,24)(H,18,19,21). The molecule has 1 aliphatic heterocycles. The summed E-state index contributed by atoms with van der Waals surface area (Å²) >= 11 is 2.85. The van der Waals surface area contributed by atoms with Gasteiger partial charge in [0.05, 0.1) is 16.4 Å². The van der Waals surface area contributed by atoms with Crippen LogP contribution in [0.4, 0.5) is 0 Å². The molecule has 2 N–H and O–H groups in total.